The average Bonchev–Trinajstić information content (AvgIpc) is 2.38. The summed E-state index contributed by atoms with van der Waals surface area (Å²) in [6.07, 6.45) is 5.54. The number of unbranched alkanes of at least 4 members (excludes halogenated alkanes) is 2. The molecule has 120 valence electrons. The molecule has 20 heavy (non-hydrogen) atoms. The van der Waals surface area contributed by atoms with Crippen LogP contribution in [-0.4, -0.2) is 46.9 Å². The van der Waals surface area contributed by atoms with Gasteiger partial charge in [-0.25, -0.2) is 0 Å². The Morgan fingerprint density at radius 3 is 2.00 bits per heavy atom. The summed E-state index contributed by atoms with van der Waals surface area (Å²) in [6.45, 7) is 7.26. The topological polar surface area (TPSA) is 40.5 Å². The molecule has 0 bridgehead atoms. The van der Waals surface area contributed by atoms with Gasteiger partial charge in [-0.2, -0.15) is 0 Å². The van der Waals surface area contributed by atoms with Crippen LogP contribution in [0.1, 0.15) is 46.5 Å². The van der Waals surface area contributed by atoms with Crippen LogP contribution in [0.4, 0.5) is 0 Å². The Hall–Kier alpha value is 0.780. The predicted octanol–water partition coefficient (Wildman–Crippen LogP) is 4.73. The molecule has 0 heterocycles. The standard InChI is InChI=1S/C13H28NO2PS3/c1-4-7-9-19-17(18,20-10-8-5-2)12-14(6-3)11-13(15)16/h4-12H2,1-3H3,(H,15,16). The second kappa shape index (κ2) is 12.3. The van der Waals surface area contributed by atoms with E-state index < -0.39 is 10.4 Å². The molecule has 3 nitrogen and oxygen atoms in total. The van der Waals surface area contributed by atoms with Crippen LogP contribution in [0.25, 0.3) is 0 Å². The Bertz CT molecular complexity index is 302. The lowest BCUT2D eigenvalue weighted by Crippen LogP contribution is -2.29. The van der Waals surface area contributed by atoms with Gasteiger partial charge in [-0.15, -0.1) is 22.8 Å². The summed E-state index contributed by atoms with van der Waals surface area (Å²) in [5.74, 6) is 1.46. The van der Waals surface area contributed by atoms with Gasteiger partial charge in [-0.05, 0) is 30.9 Å². The van der Waals surface area contributed by atoms with Gasteiger partial charge >= 0.3 is 5.97 Å². The van der Waals surface area contributed by atoms with Crippen LogP contribution < -0.4 is 0 Å². The minimum absolute atomic E-state index is 0.109. The highest BCUT2D eigenvalue weighted by molar-refractivity contribution is 9.00. The van der Waals surface area contributed by atoms with Gasteiger partial charge in [0.25, 0.3) is 0 Å². The molecule has 0 atom stereocenters. The minimum atomic E-state index is -1.58. The van der Waals surface area contributed by atoms with Crippen molar-refractivity contribution >= 4 is 45.0 Å². The summed E-state index contributed by atoms with van der Waals surface area (Å²) in [5, 5.41) is 8.96. The zero-order valence-corrected chi connectivity index (χ0v) is 16.2. The van der Waals surface area contributed by atoms with Crippen LogP contribution in [0.2, 0.25) is 0 Å². The zero-order chi connectivity index (χ0) is 15.4. The molecule has 0 aromatic heterocycles. The molecule has 0 amide bonds. The third kappa shape index (κ3) is 10.5. The molecule has 0 aromatic rings. The lowest BCUT2D eigenvalue weighted by Gasteiger charge is -2.27. The van der Waals surface area contributed by atoms with Crippen molar-refractivity contribution < 1.29 is 9.90 Å². The fourth-order valence-electron chi connectivity index (χ4n) is 1.51. The van der Waals surface area contributed by atoms with Crippen molar-refractivity contribution in [3.8, 4) is 0 Å². The van der Waals surface area contributed by atoms with Crippen LogP contribution in [0.3, 0.4) is 0 Å². The van der Waals surface area contributed by atoms with Gasteiger partial charge in [0.15, 0.2) is 0 Å². The van der Waals surface area contributed by atoms with Crippen LogP contribution in [0.15, 0.2) is 0 Å². The van der Waals surface area contributed by atoms with E-state index in [0.29, 0.717) is 0 Å². The molecule has 0 aliphatic heterocycles. The molecule has 0 spiro atoms. The maximum Gasteiger partial charge on any atom is 0.317 e. The first kappa shape index (κ1) is 20.8. The molecule has 0 rings (SSSR count). The van der Waals surface area contributed by atoms with E-state index >= 15 is 0 Å². The van der Waals surface area contributed by atoms with E-state index in [9.17, 15) is 4.79 Å². The maximum atomic E-state index is 10.9. The van der Waals surface area contributed by atoms with E-state index in [1.807, 2.05) is 34.6 Å². The quantitative estimate of drug-likeness (QED) is 0.380. The van der Waals surface area contributed by atoms with Crippen molar-refractivity contribution in [3.63, 3.8) is 0 Å². The van der Waals surface area contributed by atoms with Crippen LogP contribution >= 0.6 is 27.2 Å². The number of hydrogen-bond donors (Lipinski definition) is 1. The Labute approximate surface area is 137 Å². The number of hydrogen-bond acceptors (Lipinski definition) is 5. The van der Waals surface area contributed by atoms with Crippen LogP contribution in [0, 0.1) is 0 Å². The summed E-state index contributed by atoms with van der Waals surface area (Å²) in [6, 6.07) is 0. The molecule has 7 heteroatoms. The monoisotopic (exact) mass is 357 g/mol. The number of aliphatic carboxylic acids is 1. The van der Waals surface area contributed by atoms with E-state index in [4.69, 9.17) is 16.9 Å². The van der Waals surface area contributed by atoms with Gasteiger partial charge < -0.3 is 5.11 Å². The first-order valence-electron chi connectivity index (χ1n) is 7.29. The lowest BCUT2D eigenvalue weighted by atomic mass is 10.4. The molecule has 0 fully saturated rings. The van der Waals surface area contributed by atoms with Crippen molar-refractivity contribution in [2.75, 3.05) is 30.9 Å². The third-order valence-corrected chi connectivity index (χ3v) is 13.5. The number of nitrogens with zero attached hydrogens (tertiary/aromatic N) is 1. The Morgan fingerprint density at radius 1 is 1.15 bits per heavy atom. The van der Waals surface area contributed by atoms with E-state index in [-0.39, 0.29) is 6.54 Å². The summed E-state index contributed by atoms with van der Waals surface area (Å²) in [7, 11) is 0. The molecule has 0 aliphatic carbocycles. The lowest BCUT2D eigenvalue weighted by molar-refractivity contribution is -0.138. The number of carboxylic acids is 1. The average molecular weight is 358 g/mol. The largest absolute Gasteiger partial charge is 0.480 e. The van der Waals surface area contributed by atoms with Crippen LogP contribution in [-0.2, 0) is 16.6 Å². The summed E-state index contributed by atoms with van der Waals surface area (Å²) < 4.78 is -1.58. The highest BCUT2D eigenvalue weighted by Gasteiger charge is 2.22. The van der Waals surface area contributed by atoms with Gasteiger partial charge in [-0.3, -0.25) is 9.69 Å². The second-order valence-corrected chi connectivity index (χ2v) is 16.7. The van der Waals surface area contributed by atoms with E-state index in [1.165, 1.54) is 25.7 Å². The Balaban J connectivity index is 4.54. The summed E-state index contributed by atoms with van der Waals surface area (Å²) in [4.78, 5) is 12.9. The molecule has 0 aliphatic rings. The fourth-order valence-corrected chi connectivity index (χ4v) is 11.9. The summed E-state index contributed by atoms with van der Waals surface area (Å²) >= 11 is 9.77. The van der Waals surface area contributed by atoms with Gasteiger partial charge in [0, 0.05) is 6.29 Å². The SMILES string of the molecule is CCCCSP(=S)(CN(CC)CC(=O)O)SCCCC. The van der Waals surface area contributed by atoms with Crippen molar-refractivity contribution in [1.29, 1.82) is 0 Å². The molecule has 0 unspecified atom stereocenters. The Kier molecular flexibility index (Phi) is 12.8. The van der Waals surface area contributed by atoms with Gasteiger partial charge in [-0.1, -0.05) is 45.4 Å². The number of carboxylic acid groups (broad SMARTS) is 1. The highest BCUT2D eigenvalue weighted by atomic mass is 33.2. The number of likely N-dealkylation sites (N-methyl/N-ethyl adjacent to an activating group) is 1. The second-order valence-electron chi connectivity index (χ2n) is 4.66. The zero-order valence-electron chi connectivity index (χ0n) is 12.8. The first-order valence-corrected chi connectivity index (χ1v) is 13.5. The number of carbonyl (C=O) groups is 1. The van der Waals surface area contributed by atoms with Crippen molar-refractivity contribution in [2.45, 2.75) is 46.5 Å². The predicted molar refractivity (Wildman–Crippen MR) is 98.8 cm³/mol. The minimum Gasteiger partial charge on any atom is -0.480 e. The smallest absolute Gasteiger partial charge is 0.317 e. The van der Waals surface area contributed by atoms with Gasteiger partial charge in [0.2, 0.25) is 0 Å². The molecule has 0 saturated heterocycles. The highest BCUT2D eigenvalue weighted by Crippen LogP contribution is 2.69. The molecule has 0 radical (unpaired) electrons. The summed E-state index contributed by atoms with van der Waals surface area (Å²) in [5.41, 5.74) is 0. The normalized spacial score (nSPS) is 12.0. The van der Waals surface area contributed by atoms with Crippen molar-refractivity contribution in [1.82, 2.24) is 4.90 Å². The first-order chi connectivity index (χ1) is 9.47. The molecular formula is C13H28NO2PS3. The maximum absolute atomic E-state index is 10.9. The molecule has 0 aromatic carbocycles. The van der Waals surface area contributed by atoms with Crippen molar-refractivity contribution in [2.24, 2.45) is 0 Å². The fraction of sp³-hybridized carbons (Fsp3) is 0.923. The van der Waals surface area contributed by atoms with Gasteiger partial charge in [0.05, 0.1) is 11.0 Å². The molecule has 1 N–H and O–H groups in total. The van der Waals surface area contributed by atoms with Crippen molar-refractivity contribution in [3.05, 3.63) is 0 Å². The van der Waals surface area contributed by atoms with Crippen LogP contribution in [0.5, 0.6) is 0 Å². The Morgan fingerprint density at radius 2 is 1.65 bits per heavy atom. The molecular weight excluding hydrogens is 329 g/mol. The molecule has 0 saturated carbocycles. The third-order valence-electron chi connectivity index (χ3n) is 2.75. The number of rotatable bonds is 13. The van der Waals surface area contributed by atoms with E-state index in [0.717, 1.165) is 24.3 Å². The van der Waals surface area contributed by atoms with Gasteiger partial charge in [0.1, 0.15) is 0 Å². The van der Waals surface area contributed by atoms with E-state index in [1.54, 1.807) is 0 Å². The van der Waals surface area contributed by atoms with E-state index in [2.05, 4.69) is 13.8 Å².